The molecular weight excluding hydrogens is 342 g/mol. The summed E-state index contributed by atoms with van der Waals surface area (Å²) in [7, 11) is 1.29. The Kier molecular flexibility index (Phi) is 6.73. The number of rotatable bonds is 6. The number of anilines is 2. The molecule has 0 aliphatic rings. The molecule has 0 aliphatic heterocycles. The molecule has 0 aliphatic carbocycles. The summed E-state index contributed by atoms with van der Waals surface area (Å²) in [6.45, 7) is 4.05. The molecule has 0 spiro atoms. The smallest absolute Gasteiger partial charge is 0.339 e. The van der Waals surface area contributed by atoms with Crippen LogP contribution < -0.4 is 10.6 Å². The third kappa shape index (κ3) is 4.95. The van der Waals surface area contributed by atoms with Crippen molar-refractivity contribution < 1.29 is 14.3 Å². The number of methoxy groups -OCH3 is 1. The maximum absolute atomic E-state index is 12.5. The first-order valence-corrected chi connectivity index (χ1v) is 8.42. The van der Waals surface area contributed by atoms with Crippen LogP contribution in [0.1, 0.15) is 35.7 Å². The minimum atomic E-state index is -0.534. The molecule has 0 radical (unpaired) electrons. The van der Waals surface area contributed by atoms with Gasteiger partial charge in [0, 0.05) is 11.9 Å². The van der Waals surface area contributed by atoms with Crippen molar-refractivity contribution in [1.82, 2.24) is 0 Å². The molecule has 0 unspecified atom stereocenters. The first-order valence-electron chi connectivity index (χ1n) is 8.42. The average molecular weight is 363 g/mol. The van der Waals surface area contributed by atoms with E-state index in [9.17, 15) is 14.9 Å². The Morgan fingerprint density at radius 2 is 1.70 bits per heavy atom. The van der Waals surface area contributed by atoms with Crippen molar-refractivity contribution in [2.45, 2.75) is 19.8 Å². The molecule has 2 N–H and O–H groups in total. The van der Waals surface area contributed by atoms with Crippen LogP contribution in [0.2, 0.25) is 0 Å². The normalized spacial score (nSPS) is 10.9. The lowest BCUT2D eigenvalue weighted by Crippen LogP contribution is -2.16. The van der Waals surface area contributed by atoms with Gasteiger partial charge in [-0.1, -0.05) is 44.2 Å². The first kappa shape index (κ1) is 19.7. The topological polar surface area (TPSA) is 91.2 Å². The van der Waals surface area contributed by atoms with E-state index in [1.165, 1.54) is 13.3 Å². The average Bonchev–Trinajstić information content (AvgIpc) is 2.68. The monoisotopic (exact) mass is 363 g/mol. The van der Waals surface area contributed by atoms with Gasteiger partial charge in [0.25, 0.3) is 5.91 Å². The molecule has 0 atom stereocenters. The Labute approximate surface area is 158 Å². The lowest BCUT2D eigenvalue weighted by molar-refractivity contribution is -0.112. The van der Waals surface area contributed by atoms with E-state index in [0.717, 1.165) is 5.56 Å². The number of nitrogens with zero attached hydrogens (tertiary/aromatic N) is 1. The zero-order valence-corrected chi connectivity index (χ0v) is 15.4. The number of carbonyl (C=O) groups excluding carboxylic acids is 2. The second-order valence-corrected chi connectivity index (χ2v) is 6.05. The molecule has 6 heteroatoms. The van der Waals surface area contributed by atoms with E-state index >= 15 is 0 Å². The zero-order valence-electron chi connectivity index (χ0n) is 15.4. The van der Waals surface area contributed by atoms with Gasteiger partial charge in [0.15, 0.2) is 0 Å². The number of ether oxygens (including phenoxy) is 1. The molecule has 0 heterocycles. The highest BCUT2D eigenvalue weighted by molar-refractivity contribution is 6.07. The predicted octanol–water partition coefficient (Wildman–Crippen LogP) is 4.05. The lowest BCUT2D eigenvalue weighted by atomic mass is 10.0. The number of hydrogen-bond acceptors (Lipinski definition) is 5. The molecule has 0 fully saturated rings. The maximum atomic E-state index is 12.5. The summed E-state index contributed by atoms with van der Waals surface area (Å²) in [5, 5.41) is 14.9. The molecule has 0 saturated heterocycles. The van der Waals surface area contributed by atoms with Crippen molar-refractivity contribution in [2.75, 3.05) is 17.7 Å². The van der Waals surface area contributed by atoms with Gasteiger partial charge in [-0.25, -0.2) is 4.79 Å². The van der Waals surface area contributed by atoms with Gasteiger partial charge in [0.2, 0.25) is 0 Å². The van der Waals surface area contributed by atoms with E-state index in [-0.39, 0.29) is 11.5 Å². The molecular formula is C21H21N3O3. The highest BCUT2D eigenvalue weighted by Gasteiger charge is 2.14. The SMILES string of the molecule is COC(=O)c1ccccc1N/C=C(/C#N)C(=O)Nc1ccccc1C(C)C. The Balaban J connectivity index is 2.22. The zero-order chi connectivity index (χ0) is 19.8. The van der Waals surface area contributed by atoms with Crippen LogP contribution in [0.15, 0.2) is 60.3 Å². The van der Waals surface area contributed by atoms with Crippen molar-refractivity contribution >= 4 is 23.3 Å². The van der Waals surface area contributed by atoms with Gasteiger partial charge in [-0.2, -0.15) is 5.26 Å². The maximum Gasteiger partial charge on any atom is 0.339 e. The van der Waals surface area contributed by atoms with Crippen LogP contribution in [-0.4, -0.2) is 19.0 Å². The molecule has 6 nitrogen and oxygen atoms in total. The summed E-state index contributed by atoms with van der Waals surface area (Å²) >= 11 is 0. The molecule has 0 aromatic heterocycles. The van der Waals surface area contributed by atoms with Crippen molar-refractivity contribution in [3.63, 3.8) is 0 Å². The van der Waals surface area contributed by atoms with E-state index in [2.05, 4.69) is 10.6 Å². The fraction of sp³-hybridized carbons (Fsp3) is 0.190. The van der Waals surface area contributed by atoms with Gasteiger partial charge in [-0.15, -0.1) is 0 Å². The minimum Gasteiger partial charge on any atom is -0.465 e. The molecule has 2 aromatic rings. The van der Waals surface area contributed by atoms with Gasteiger partial charge in [-0.3, -0.25) is 4.79 Å². The van der Waals surface area contributed by atoms with E-state index < -0.39 is 11.9 Å². The number of nitriles is 1. The van der Waals surface area contributed by atoms with E-state index in [1.54, 1.807) is 30.3 Å². The van der Waals surface area contributed by atoms with Crippen molar-refractivity contribution in [1.29, 1.82) is 5.26 Å². The summed E-state index contributed by atoms with van der Waals surface area (Å²) in [5.74, 6) is -0.824. The molecule has 0 saturated carbocycles. The molecule has 0 bridgehead atoms. The highest BCUT2D eigenvalue weighted by Crippen LogP contribution is 2.24. The van der Waals surface area contributed by atoms with Crippen LogP contribution >= 0.6 is 0 Å². The van der Waals surface area contributed by atoms with Gasteiger partial charge >= 0.3 is 5.97 Å². The van der Waals surface area contributed by atoms with Crippen LogP contribution in [0.3, 0.4) is 0 Å². The van der Waals surface area contributed by atoms with Crippen LogP contribution in [-0.2, 0) is 9.53 Å². The van der Waals surface area contributed by atoms with Crippen LogP contribution in [0.25, 0.3) is 0 Å². The Morgan fingerprint density at radius 3 is 2.33 bits per heavy atom. The Hall–Kier alpha value is -3.59. The summed E-state index contributed by atoms with van der Waals surface area (Å²) in [6, 6.07) is 16.0. The second kappa shape index (κ2) is 9.20. The van der Waals surface area contributed by atoms with Crippen LogP contribution in [0.4, 0.5) is 11.4 Å². The number of hydrogen-bond donors (Lipinski definition) is 2. The van der Waals surface area contributed by atoms with Crippen LogP contribution in [0, 0.1) is 11.3 Å². The molecule has 1 amide bonds. The quantitative estimate of drug-likeness (QED) is 0.459. The summed E-state index contributed by atoms with van der Waals surface area (Å²) in [5.41, 5.74) is 2.26. The molecule has 2 aromatic carbocycles. The van der Waals surface area contributed by atoms with E-state index in [1.807, 2.05) is 38.1 Å². The summed E-state index contributed by atoms with van der Waals surface area (Å²) in [4.78, 5) is 24.3. The molecule has 2 rings (SSSR count). The molecule has 138 valence electrons. The van der Waals surface area contributed by atoms with Crippen molar-refractivity contribution in [3.8, 4) is 6.07 Å². The van der Waals surface area contributed by atoms with Crippen LogP contribution in [0.5, 0.6) is 0 Å². The number of nitrogens with one attached hydrogen (secondary N) is 2. The minimum absolute atomic E-state index is 0.117. The fourth-order valence-corrected chi connectivity index (χ4v) is 2.50. The number of esters is 1. The van der Waals surface area contributed by atoms with E-state index in [4.69, 9.17) is 4.74 Å². The second-order valence-electron chi connectivity index (χ2n) is 6.05. The lowest BCUT2D eigenvalue weighted by Gasteiger charge is -2.13. The number of para-hydroxylation sites is 2. The van der Waals surface area contributed by atoms with Gasteiger partial charge in [-0.05, 0) is 29.7 Å². The third-order valence-electron chi connectivity index (χ3n) is 3.90. The fourth-order valence-electron chi connectivity index (χ4n) is 2.50. The van der Waals surface area contributed by atoms with E-state index in [0.29, 0.717) is 16.9 Å². The standard InChI is InChI=1S/C21H21N3O3/c1-14(2)16-8-4-7-11-19(16)24-20(25)15(12-22)13-23-18-10-6-5-9-17(18)21(26)27-3/h4-11,13-14,23H,1-3H3,(H,24,25)/b15-13-. The largest absolute Gasteiger partial charge is 0.465 e. The summed E-state index contributed by atoms with van der Waals surface area (Å²) < 4.78 is 4.73. The number of benzene rings is 2. The van der Waals surface area contributed by atoms with Crippen molar-refractivity contribution in [2.24, 2.45) is 0 Å². The number of carbonyl (C=O) groups is 2. The van der Waals surface area contributed by atoms with Gasteiger partial charge in [0.1, 0.15) is 11.6 Å². The number of amides is 1. The Morgan fingerprint density at radius 1 is 1.07 bits per heavy atom. The first-order chi connectivity index (χ1) is 13.0. The van der Waals surface area contributed by atoms with Crippen molar-refractivity contribution in [3.05, 3.63) is 71.4 Å². The third-order valence-corrected chi connectivity index (χ3v) is 3.90. The summed E-state index contributed by atoms with van der Waals surface area (Å²) in [6.07, 6.45) is 1.27. The van der Waals surface area contributed by atoms with Gasteiger partial charge < -0.3 is 15.4 Å². The highest BCUT2D eigenvalue weighted by atomic mass is 16.5. The Bertz CT molecular complexity index is 911. The predicted molar refractivity (Wildman–Crippen MR) is 104 cm³/mol. The molecule has 27 heavy (non-hydrogen) atoms. The van der Waals surface area contributed by atoms with Gasteiger partial charge in [0.05, 0.1) is 18.4 Å².